The molecule has 2 nitrogen and oxygen atoms in total. The van der Waals surface area contributed by atoms with Crippen LogP contribution in [0.1, 0.15) is 61.3 Å². The Morgan fingerprint density at radius 3 is 2.25 bits per heavy atom. The van der Waals surface area contributed by atoms with E-state index in [1.807, 2.05) is 0 Å². The van der Waals surface area contributed by atoms with Crippen molar-refractivity contribution in [3.63, 3.8) is 0 Å². The minimum Gasteiger partial charge on any atom is -0.308 e. The largest absolute Gasteiger partial charge is 0.308 e. The first-order chi connectivity index (χ1) is 9.16. The van der Waals surface area contributed by atoms with E-state index in [0.29, 0.717) is 17.0 Å². The lowest BCUT2D eigenvalue weighted by molar-refractivity contribution is 0.0136. The molecular formula is C18H36N2. The summed E-state index contributed by atoms with van der Waals surface area (Å²) in [6.45, 7) is 20.4. The molecule has 2 heteroatoms. The van der Waals surface area contributed by atoms with Crippen LogP contribution in [0, 0.1) is 23.2 Å². The standard InChI is InChI=1S/C18H36N2/c1-13(2)16-10-19-18(7,15-8-9-15)12-20(16)11-17(5,6)14(3)4/h13-16,19H,8-12H2,1-7H3. The van der Waals surface area contributed by atoms with Gasteiger partial charge in [-0.2, -0.15) is 0 Å². The normalized spacial score (nSPS) is 33.1. The van der Waals surface area contributed by atoms with Gasteiger partial charge in [0, 0.05) is 31.2 Å². The number of hydrogen-bond acceptors (Lipinski definition) is 2. The third-order valence-corrected chi connectivity index (χ3v) is 6.14. The van der Waals surface area contributed by atoms with E-state index in [1.54, 1.807) is 0 Å². The van der Waals surface area contributed by atoms with Gasteiger partial charge in [-0.3, -0.25) is 4.90 Å². The molecule has 2 rings (SSSR count). The molecule has 0 aromatic rings. The molecule has 2 unspecified atom stereocenters. The lowest BCUT2D eigenvalue weighted by Gasteiger charge is -2.51. The van der Waals surface area contributed by atoms with Crippen molar-refractivity contribution >= 4 is 0 Å². The zero-order valence-electron chi connectivity index (χ0n) is 14.8. The van der Waals surface area contributed by atoms with Crippen LogP contribution in [-0.2, 0) is 0 Å². The molecule has 1 N–H and O–H groups in total. The molecule has 118 valence electrons. The molecule has 0 radical (unpaired) electrons. The van der Waals surface area contributed by atoms with Gasteiger partial charge >= 0.3 is 0 Å². The summed E-state index contributed by atoms with van der Waals surface area (Å²) in [6, 6.07) is 0.694. The Labute approximate surface area is 126 Å². The van der Waals surface area contributed by atoms with E-state index in [4.69, 9.17) is 0 Å². The molecule has 1 aliphatic heterocycles. The van der Waals surface area contributed by atoms with Gasteiger partial charge in [-0.15, -0.1) is 0 Å². The van der Waals surface area contributed by atoms with Crippen LogP contribution < -0.4 is 5.32 Å². The Morgan fingerprint density at radius 2 is 1.80 bits per heavy atom. The summed E-state index contributed by atoms with van der Waals surface area (Å²) in [4.78, 5) is 2.81. The monoisotopic (exact) mass is 280 g/mol. The molecule has 1 aliphatic carbocycles. The SMILES string of the molecule is CC(C)C1CNC(C)(C2CC2)CN1CC(C)(C)C(C)C. The Morgan fingerprint density at radius 1 is 1.20 bits per heavy atom. The number of piperazine rings is 1. The van der Waals surface area contributed by atoms with E-state index in [0.717, 1.165) is 17.8 Å². The minimum absolute atomic E-state index is 0.360. The number of rotatable bonds is 5. The van der Waals surface area contributed by atoms with E-state index >= 15 is 0 Å². The smallest absolute Gasteiger partial charge is 0.0309 e. The van der Waals surface area contributed by atoms with Crippen molar-refractivity contribution in [1.82, 2.24) is 10.2 Å². The summed E-state index contributed by atoms with van der Waals surface area (Å²) in [5.41, 5.74) is 0.757. The van der Waals surface area contributed by atoms with E-state index in [1.165, 1.54) is 32.5 Å². The zero-order chi connectivity index (χ0) is 15.1. The molecule has 0 spiro atoms. The third kappa shape index (κ3) is 3.39. The van der Waals surface area contributed by atoms with Gasteiger partial charge in [-0.1, -0.05) is 41.5 Å². The molecule has 0 amide bonds. The van der Waals surface area contributed by atoms with Gasteiger partial charge in [0.2, 0.25) is 0 Å². The molecule has 0 aromatic heterocycles. The van der Waals surface area contributed by atoms with Crippen LogP contribution in [0.15, 0.2) is 0 Å². The lowest BCUT2D eigenvalue weighted by atomic mass is 9.78. The fourth-order valence-corrected chi connectivity index (χ4v) is 3.59. The second-order valence-corrected chi connectivity index (χ2v) is 8.93. The summed E-state index contributed by atoms with van der Waals surface area (Å²) < 4.78 is 0. The number of hydrogen-bond donors (Lipinski definition) is 1. The van der Waals surface area contributed by atoms with Crippen LogP contribution in [-0.4, -0.2) is 36.1 Å². The van der Waals surface area contributed by atoms with Crippen LogP contribution >= 0.6 is 0 Å². The third-order valence-electron chi connectivity index (χ3n) is 6.14. The van der Waals surface area contributed by atoms with Crippen molar-refractivity contribution < 1.29 is 0 Å². The van der Waals surface area contributed by atoms with Gasteiger partial charge in [0.15, 0.2) is 0 Å². The van der Waals surface area contributed by atoms with Crippen LogP contribution in [0.4, 0.5) is 0 Å². The summed E-state index contributed by atoms with van der Waals surface area (Å²) in [5.74, 6) is 2.38. The molecule has 0 aromatic carbocycles. The first-order valence-corrected chi connectivity index (χ1v) is 8.65. The van der Waals surface area contributed by atoms with Gasteiger partial charge in [-0.05, 0) is 42.9 Å². The highest BCUT2D eigenvalue weighted by Crippen LogP contribution is 2.42. The van der Waals surface area contributed by atoms with E-state index in [2.05, 4.69) is 58.7 Å². The fraction of sp³-hybridized carbons (Fsp3) is 1.00. The van der Waals surface area contributed by atoms with Crippen molar-refractivity contribution in [2.45, 2.75) is 72.9 Å². The fourth-order valence-electron chi connectivity index (χ4n) is 3.59. The first-order valence-electron chi connectivity index (χ1n) is 8.65. The van der Waals surface area contributed by atoms with Crippen molar-refractivity contribution in [2.24, 2.45) is 23.2 Å². The van der Waals surface area contributed by atoms with Crippen LogP contribution in [0.25, 0.3) is 0 Å². The topological polar surface area (TPSA) is 15.3 Å². The highest BCUT2D eigenvalue weighted by Gasteiger charge is 2.47. The minimum atomic E-state index is 0.360. The molecule has 2 aliphatic rings. The first kappa shape index (κ1) is 16.3. The second-order valence-electron chi connectivity index (χ2n) is 8.93. The maximum atomic E-state index is 3.89. The number of nitrogens with one attached hydrogen (secondary N) is 1. The molecule has 0 bridgehead atoms. The molecule has 1 saturated heterocycles. The quantitative estimate of drug-likeness (QED) is 0.825. The van der Waals surface area contributed by atoms with Gasteiger partial charge < -0.3 is 5.32 Å². The number of nitrogens with zero attached hydrogens (tertiary/aromatic N) is 1. The maximum absolute atomic E-state index is 3.89. The summed E-state index contributed by atoms with van der Waals surface area (Å²) in [5, 5.41) is 3.89. The van der Waals surface area contributed by atoms with Gasteiger partial charge in [0.05, 0.1) is 0 Å². The predicted molar refractivity (Wildman–Crippen MR) is 87.9 cm³/mol. The summed E-state index contributed by atoms with van der Waals surface area (Å²) in [7, 11) is 0. The van der Waals surface area contributed by atoms with Crippen molar-refractivity contribution in [3.8, 4) is 0 Å². The lowest BCUT2D eigenvalue weighted by Crippen LogP contribution is -2.66. The highest BCUT2D eigenvalue weighted by molar-refractivity contribution is 5.05. The van der Waals surface area contributed by atoms with Crippen molar-refractivity contribution in [3.05, 3.63) is 0 Å². The van der Waals surface area contributed by atoms with Crippen molar-refractivity contribution in [2.75, 3.05) is 19.6 Å². The van der Waals surface area contributed by atoms with Gasteiger partial charge in [0.25, 0.3) is 0 Å². The molecule has 1 saturated carbocycles. The average Bonchev–Trinajstić information content (AvgIpc) is 3.11. The molecule has 20 heavy (non-hydrogen) atoms. The van der Waals surface area contributed by atoms with E-state index in [-0.39, 0.29) is 0 Å². The summed E-state index contributed by atoms with van der Waals surface area (Å²) in [6.07, 6.45) is 2.86. The van der Waals surface area contributed by atoms with Gasteiger partial charge in [-0.25, -0.2) is 0 Å². The van der Waals surface area contributed by atoms with E-state index in [9.17, 15) is 0 Å². The zero-order valence-corrected chi connectivity index (χ0v) is 14.8. The van der Waals surface area contributed by atoms with Crippen LogP contribution in [0.5, 0.6) is 0 Å². The molecule has 2 atom stereocenters. The molecule has 1 heterocycles. The Hall–Kier alpha value is -0.0800. The summed E-state index contributed by atoms with van der Waals surface area (Å²) >= 11 is 0. The van der Waals surface area contributed by atoms with E-state index < -0.39 is 0 Å². The maximum Gasteiger partial charge on any atom is 0.0309 e. The Kier molecular flexibility index (Phi) is 4.57. The van der Waals surface area contributed by atoms with Gasteiger partial charge in [0.1, 0.15) is 0 Å². The van der Waals surface area contributed by atoms with Crippen LogP contribution in [0.2, 0.25) is 0 Å². The predicted octanol–water partition coefficient (Wildman–Crippen LogP) is 3.77. The second kappa shape index (κ2) is 5.61. The molecule has 2 fully saturated rings. The molecular weight excluding hydrogens is 244 g/mol. The Bertz CT molecular complexity index is 328. The van der Waals surface area contributed by atoms with Crippen molar-refractivity contribution in [1.29, 1.82) is 0 Å². The average molecular weight is 280 g/mol. The van der Waals surface area contributed by atoms with Crippen LogP contribution in [0.3, 0.4) is 0 Å². The Balaban J connectivity index is 2.10. The highest BCUT2D eigenvalue weighted by atomic mass is 15.3.